The van der Waals surface area contributed by atoms with E-state index in [1.165, 1.54) is 45.5 Å². The van der Waals surface area contributed by atoms with Gasteiger partial charge in [-0.25, -0.2) is 0 Å². The Balaban J connectivity index is 1.99. The van der Waals surface area contributed by atoms with Gasteiger partial charge in [0.2, 0.25) is 0 Å². The summed E-state index contributed by atoms with van der Waals surface area (Å²) in [7, 11) is 0. The maximum absolute atomic E-state index is 4.24. The molecule has 2 aliphatic rings. The van der Waals surface area contributed by atoms with E-state index in [2.05, 4.69) is 61.2 Å². The average Bonchev–Trinajstić information content (AvgIpc) is 2.97. The zero-order valence-corrected chi connectivity index (χ0v) is 11.9. The molecule has 0 amide bonds. The van der Waals surface area contributed by atoms with E-state index < -0.39 is 0 Å². The maximum atomic E-state index is 4.24. The van der Waals surface area contributed by atoms with Crippen molar-refractivity contribution in [3.63, 3.8) is 0 Å². The normalized spacial score (nSPS) is 19.4. The standard InChI is InChI=1S/C21H16/c1-13-6-7-15-12-20-17-5-3-2-4-14(17)8-9-18(20)19-11-10-16(13)21(15)19/h2-9,12,16H,1,10-11H2. The first-order valence-electron chi connectivity index (χ1n) is 7.67. The molecule has 0 aliphatic heterocycles. The summed E-state index contributed by atoms with van der Waals surface area (Å²) < 4.78 is 0. The summed E-state index contributed by atoms with van der Waals surface area (Å²) in [6.07, 6.45) is 6.87. The van der Waals surface area contributed by atoms with E-state index in [-0.39, 0.29) is 0 Å². The van der Waals surface area contributed by atoms with Gasteiger partial charge in [-0.1, -0.05) is 55.1 Å². The minimum atomic E-state index is 0.552. The Labute approximate surface area is 124 Å². The van der Waals surface area contributed by atoms with E-state index in [1.807, 2.05) is 0 Å². The quantitative estimate of drug-likeness (QED) is 0.465. The smallest absolute Gasteiger partial charge is 0.00955 e. The van der Waals surface area contributed by atoms with Crippen molar-refractivity contribution >= 4 is 27.6 Å². The molecule has 0 saturated carbocycles. The minimum Gasteiger partial charge on any atom is -0.0952 e. The van der Waals surface area contributed by atoms with Gasteiger partial charge >= 0.3 is 0 Å². The van der Waals surface area contributed by atoms with Crippen LogP contribution in [-0.4, -0.2) is 0 Å². The molecule has 0 radical (unpaired) electrons. The second kappa shape index (κ2) is 3.85. The summed E-state index contributed by atoms with van der Waals surface area (Å²) in [6, 6.07) is 15.7. The van der Waals surface area contributed by atoms with Gasteiger partial charge in [0.1, 0.15) is 0 Å². The molecule has 0 saturated heterocycles. The summed E-state index contributed by atoms with van der Waals surface area (Å²) in [4.78, 5) is 0. The summed E-state index contributed by atoms with van der Waals surface area (Å²) >= 11 is 0. The van der Waals surface area contributed by atoms with E-state index in [9.17, 15) is 0 Å². The number of rotatable bonds is 0. The largest absolute Gasteiger partial charge is 0.0952 e. The summed E-state index contributed by atoms with van der Waals surface area (Å²) in [5, 5.41) is 5.55. The van der Waals surface area contributed by atoms with Gasteiger partial charge in [-0.2, -0.15) is 0 Å². The van der Waals surface area contributed by atoms with Gasteiger partial charge in [0.15, 0.2) is 0 Å². The Morgan fingerprint density at radius 3 is 2.76 bits per heavy atom. The Hall–Kier alpha value is -2.34. The first-order valence-corrected chi connectivity index (χ1v) is 7.67. The van der Waals surface area contributed by atoms with Crippen molar-refractivity contribution in [2.45, 2.75) is 18.8 Å². The maximum Gasteiger partial charge on any atom is 0.00955 e. The van der Waals surface area contributed by atoms with E-state index in [4.69, 9.17) is 0 Å². The number of hydrogen-bond donors (Lipinski definition) is 0. The Morgan fingerprint density at radius 1 is 0.905 bits per heavy atom. The first kappa shape index (κ1) is 11.3. The van der Waals surface area contributed by atoms with Gasteiger partial charge in [0.25, 0.3) is 0 Å². The van der Waals surface area contributed by atoms with E-state index in [0.29, 0.717) is 5.92 Å². The molecule has 2 aliphatic carbocycles. The van der Waals surface area contributed by atoms with Gasteiger partial charge in [-0.05, 0) is 62.7 Å². The monoisotopic (exact) mass is 268 g/mol. The van der Waals surface area contributed by atoms with Crippen molar-refractivity contribution in [2.75, 3.05) is 0 Å². The van der Waals surface area contributed by atoms with Gasteiger partial charge in [0.05, 0.1) is 0 Å². The first-order chi connectivity index (χ1) is 10.3. The van der Waals surface area contributed by atoms with Crippen LogP contribution in [0.25, 0.3) is 27.6 Å². The highest BCUT2D eigenvalue weighted by molar-refractivity contribution is 6.10. The average molecular weight is 268 g/mol. The van der Waals surface area contributed by atoms with Crippen LogP contribution in [0.4, 0.5) is 0 Å². The van der Waals surface area contributed by atoms with Gasteiger partial charge < -0.3 is 0 Å². The second-order valence-electron chi connectivity index (χ2n) is 6.24. The number of aryl methyl sites for hydroxylation is 1. The Bertz CT molecular complexity index is 957. The molecular weight excluding hydrogens is 252 g/mol. The molecule has 0 heterocycles. The van der Waals surface area contributed by atoms with Crippen LogP contribution in [0, 0.1) is 0 Å². The second-order valence-corrected chi connectivity index (χ2v) is 6.24. The lowest BCUT2D eigenvalue weighted by Crippen LogP contribution is -2.02. The van der Waals surface area contributed by atoms with E-state index in [1.54, 1.807) is 11.1 Å². The van der Waals surface area contributed by atoms with Crippen molar-refractivity contribution in [2.24, 2.45) is 0 Å². The van der Waals surface area contributed by atoms with Crippen LogP contribution in [0.3, 0.4) is 0 Å². The topological polar surface area (TPSA) is 0 Å². The fourth-order valence-corrected chi connectivity index (χ4v) is 4.20. The lowest BCUT2D eigenvalue weighted by molar-refractivity contribution is 0.786. The summed E-state index contributed by atoms with van der Waals surface area (Å²) in [6.45, 7) is 4.24. The summed E-state index contributed by atoms with van der Waals surface area (Å²) in [5.41, 5.74) is 5.79. The highest BCUT2D eigenvalue weighted by Gasteiger charge is 2.30. The molecule has 3 aromatic carbocycles. The molecular formula is C21H16. The zero-order valence-electron chi connectivity index (χ0n) is 11.9. The van der Waals surface area contributed by atoms with Gasteiger partial charge in [0, 0.05) is 5.92 Å². The molecule has 21 heavy (non-hydrogen) atoms. The van der Waals surface area contributed by atoms with Crippen molar-refractivity contribution in [3.05, 3.63) is 77.4 Å². The number of fused-ring (bicyclic) bond motifs is 4. The molecule has 0 aromatic heterocycles. The van der Waals surface area contributed by atoms with Crippen LogP contribution >= 0.6 is 0 Å². The fourth-order valence-electron chi connectivity index (χ4n) is 4.20. The van der Waals surface area contributed by atoms with Crippen LogP contribution < -0.4 is 0 Å². The molecule has 0 heteroatoms. The third-order valence-corrected chi connectivity index (χ3v) is 5.19. The van der Waals surface area contributed by atoms with Gasteiger partial charge in [-0.3, -0.25) is 0 Å². The SMILES string of the molecule is C=C1C=Cc2cc3c(ccc4ccccc43)c3c2C1CC3. The molecule has 3 aromatic rings. The molecule has 0 spiro atoms. The predicted octanol–water partition coefficient (Wildman–Crippen LogP) is 5.61. The molecule has 0 bridgehead atoms. The molecule has 5 rings (SSSR count). The number of hydrogen-bond acceptors (Lipinski definition) is 0. The van der Waals surface area contributed by atoms with Crippen LogP contribution in [0.2, 0.25) is 0 Å². The van der Waals surface area contributed by atoms with E-state index >= 15 is 0 Å². The van der Waals surface area contributed by atoms with Crippen molar-refractivity contribution in [3.8, 4) is 0 Å². The van der Waals surface area contributed by atoms with Crippen LogP contribution in [0.5, 0.6) is 0 Å². The number of allylic oxidation sites excluding steroid dienone is 2. The fraction of sp³-hybridized carbons (Fsp3) is 0.143. The van der Waals surface area contributed by atoms with Crippen molar-refractivity contribution < 1.29 is 0 Å². The molecule has 0 nitrogen and oxygen atoms in total. The summed E-state index contributed by atoms with van der Waals surface area (Å²) in [5.74, 6) is 0.552. The van der Waals surface area contributed by atoms with E-state index in [0.717, 1.165) is 0 Å². The van der Waals surface area contributed by atoms with Crippen LogP contribution in [0.1, 0.15) is 29.0 Å². The minimum absolute atomic E-state index is 0.552. The molecule has 0 fully saturated rings. The molecule has 100 valence electrons. The molecule has 1 unspecified atom stereocenters. The highest BCUT2D eigenvalue weighted by Crippen LogP contribution is 2.47. The number of benzene rings is 3. The Morgan fingerprint density at radius 2 is 1.81 bits per heavy atom. The Kier molecular flexibility index (Phi) is 2.08. The zero-order chi connectivity index (χ0) is 14.0. The van der Waals surface area contributed by atoms with Crippen LogP contribution in [0.15, 0.2) is 60.7 Å². The third kappa shape index (κ3) is 1.40. The molecule has 0 N–H and O–H groups in total. The van der Waals surface area contributed by atoms with Crippen molar-refractivity contribution in [1.82, 2.24) is 0 Å². The van der Waals surface area contributed by atoms with Crippen LogP contribution in [-0.2, 0) is 6.42 Å². The highest BCUT2D eigenvalue weighted by atomic mass is 14.3. The lowest BCUT2D eigenvalue weighted by atomic mass is 9.83. The lowest BCUT2D eigenvalue weighted by Gasteiger charge is -2.21. The van der Waals surface area contributed by atoms with Crippen molar-refractivity contribution in [1.29, 1.82) is 0 Å². The molecule has 1 atom stereocenters. The third-order valence-electron chi connectivity index (χ3n) is 5.19. The van der Waals surface area contributed by atoms with Gasteiger partial charge in [-0.15, -0.1) is 0 Å². The predicted molar refractivity (Wildman–Crippen MR) is 90.7 cm³/mol.